The lowest BCUT2D eigenvalue weighted by Gasteiger charge is -2.69. The number of rotatable bonds is 5. The van der Waals surface area contributed by atoms with Crippen LogP contribution in [-0.2, 0) is 14.9 Å². The summed E-state index contributed by atoms with van der Waals surface area (Å²) in [6.45, 7) is 6.99. The summed E-state index contributed by atoms with van der Waals surface area (Å²) in [5.74, 6) is 0.910. The van der Waals surface area contributed by atoms with Gasteiger partial charge in [0.15, 0.2) is 12.1 Å². The molecule has 4 heterocycles. The van der Waals surface area contributed by atoms with Gasteiger partial charge in [-0.15, -0.1) is 0 Å². The molecule has 1 aromatic carbocycles. The van der Waals surface area contributed by atoms with Crippen molar-refractivity contribution in [2.75, 3.05) is 11.9 Å². The Morgan fingerprint density at radius 1 is 1.25 bits per heavy atom. The zero-order chi connectivity index (χ0) is 25.0. The third-order valence-electron chi connectivity index (χ3n) is 8.35. The highest BCUT2D eigenvalue weighted by Gasteiger charge is 2.67. The second kappa shape index (κ2) is 7.60. The number of hydrogen-bond donors (Lipinski definition) is 2. The highest BCUT2D eigenvalue weighted by Crippen LogP contribution is 2.73. The minimum atomic E-state index is -0.849. The van der Waals surface area contributed by atoms with Gasteiger partial charge in [-0.2, -0.15) is 0 Å². The van der Waals surface area contributed by atoms with Crippen LogP contribution >= 0.6 is 11.6 Å². The number of imidazole rings is 1. The topological polar surface area (TPSA) is 94.3 Å². The molecule has 0 unspecified atom stereocenters. The Morgan fingerprint density at radius 2 is 2.03 bits per heavy atom. The van der Waals surface area contributed by atoms with Crippen LogP contribution in [0.3, 0.4) is 0 Å². The number of ether oxygens (including phenoxy) is 2. The van der Waals surface area contributed by atoms with Gasteiger partial charge in [0.1, 0.15) is 17.4 Å². The molecule has 4 bridgehead atoms. The molecule has 10 heteroatoms. The van der Waals surface area contributed by atoms with Crippen LogP contribution < -0.4 is 5.32 Å². The fraction of sp³-hybridized carbons (Fsp3) is 0.577. The standard InChI is InChI=1S/C26H29ClFN5O3/c1-12(2)33-18-5-13(4-16(28)20(18)31-23(33)26-9-25(3,10-26)11-26)19-15(27)7-29-24(32-19)30-17-6-14-8-35-22(36-14)21(17)34/h4-5,7,12,14,17,21-22,34H,6,8-11H2,1-3H3,(H,29,30,32)/t14-,17+,21-,22+,25?,26?/m0/s1. The quantitative estimate of drug-likeness (QED) is 0.515. The van der Waals surface area contributed by atoms with E-state index in [0.29, 0.717) is 46.2 Å². The SMILES string of the molecule is CC(C)n1c(C23CC(C)(C2)C3)nc2c(F)cc(-c3nc(N[C@@H]4C[C@H]5CO[C@H](O5)[C@H]4O)ncc3Cl)cc21. The number of benzene rings is 1. The Bertz CT molecular complexity index is 1370. The van der Waals surface area contributed by atoms with E-state index in [1.807, 2.05) is 6.07 Å². The molecule has 190 valence electrons. The highest BCUT2D eigenvalue weighted by atomic mass is 35.5. The first-order valence-electron chi connectivity index (χ1n) is 12.6. The maximum Gasteiger partial charge on any atom is 0.223 e. The third-order valence-corrected chi connectivity index (χ3v) is 8.62. The van der Waals surface area contributed by atoms with E-state index in [0.717, 1.165) is 30.6 Å². The molecular formula is C26H29ClFN5O3. The monoisotopic (exact) mass is 513 g/mol. The van der Waals surface area contributed by atoms with Crippen molar-refractivity contribution < 1.29 is 19.0 Å². The van der Waals surface area contributed by atoms with Gasteiger partial charge in [-0.25, -0.2) is 19.3 Å². The second-order valence-electron chi connectivity index (χ2n) is 11.7. The number of aromatic nitrogens is 4. The average molecular weight is 514 g/mol. The van der Waals surface area contributed by atoms with E-state index in [4.69, 9.17) is 26.1 Å². The van der Waals surface area contributed by atoms with E-state index in [1.165, 1.54) is 12.3 Å². The number of aliphatic hydroxyl groups excluding tert-OH is 1. The maximum absolute atomic E-state index is 15.5. The lowest BCUT2D eigenvalue weighted by Crippen LogP contribution is -2.63. The molecule has 8 rings (SSSR count). The van der Waals surface area contributed by atoms with Gasteiger partial charge >= 0.3 is 0 Å². The summed E-state index contributed by atoms with van der Waals surface area (Å²) in [6, 6.07) is 3.18. The van der Waals surface area contributed by atoms with Crippen LogP contribution in [0.5, 0.6) is 0 Å². The van der Waals surface area contributed by atoms with Crippen LogP contribution in [0, 0.1) is 11.2 Å². The van der Waals surface area contributed by atoms with Crippen molar-refractivity contribution in [2.24, 2.45) is 5.41 Å². The molecule has 5 aliphatic rings. The van der Waals surface area contributed by atoms with E-state index in [2.05, 4.69) is 40.6 Å². The second-order valence-corrected chi connectivity index (χ2v) is 12.1. The van der Waals surface area contributed by atoms with E-state index in [-0.39, 0.29) is 23.6 Å². The van der Waals surface area contributed by atoms with Gasteiger partial charge in [-0.3, -0.25) is 0 Å². The van der Waals surface area contributed by atoms with E-state index in [9.17, 15) is 5.11 Å². The first kappa shape index (κ1) is 22.8. The van der Waals surface area contributed by atoms with Crippen molar-refractivity contribution >= 4 is 28.6 Å². The Kier molecular flexibility index (Phi) is 4.82. The van der Waals surface area contributed by atoms with Crippen molar-refractivity contribution in [1.82, 2.24) is 19.5 Å². The summed E-state index contributed by atoms with van der Waals surface area (Å²) in [4.78, 5) is 13.8. The predicted molar refractivity (Wildman–Crippen MR) is 132 cm³/mol. The van der Waals surface area contributed by atoms with Gasteiger partial charge in [0.25, 0.3) is 0 Å². The summed E-state index contributed by atoms with van der Waals surface area (Å²) in [5, 5.41) is 14.1. The van der Waals surface area contributed by atoms with Crippen molar-refractivity contribution in [2.45, 2.75) is 82.5 Å². The third kappa shape index (κ3) is 3.25. The molecule has 3 aromatic rings. The normalized spacial score (nSPS) is 34.6. The molecule has 3 saturated carbocycles. The van der Waals surface area contributed by atoms with Gasteiger partial charge in [0, 0.05) is 17.0 Å². The number of hydrogen-bond acceptors (Lipinski definition) is 7. The number of aliphatic hydroxyl groups is 1. The summed E-state index contributed by atoms with van der Waals surface area (Å²) < 4.78 is 28.8. The minimum absolute atomic E-state index is 0.0714. The lowest BCUT2D eigenvalue weighted by molar-refractivity contribution is -0.156. The van der Waals surface area contributed by atoms with Gasteiger partial charge in [0.05, 0.1) is 41.2 Å². The molecular weight excluding hydrogens is 485 g/mol. The molecule has 8 nitrogen and oxygen atoms in total. The van der Waals surface area contributed by atoms with E-state index >= 15 is 4.39 Å². The summed E-state index contributed by atoms with van der Waals surface area (Å²) in [5.41, 5.74) is 2.62. The van der Waals surface area contributed by atoms with Crippen LogP contribution in [0.15, 0.2) is 18.3 Å². The average Bonchev–Trinajstić information content (AvgIpc) is 3.38. The molecule has 0 radical (unpaired) electrons. The van der Waals surface area contributed by atoms with Gasteiger partial charge in [-0.05, 0) is 57.1 Å². The minimum Gasteiger partial charge on any atom is -0.386 e. The van der Waals surface area contributed by atoms with Crippen molar-refractivity contribution in [3.05, 3.63) is 35.0 Å². The van der Waals surface area contributed by atoms with Crippen LogP contribution in [0.4, 0.5) is 10.3 Å². The molecule has 4 atom stereocenters. The fourth-order valence-corrected chi connectivity index (χ4v) is 7.25. The van der Waals surface area contributed by atoms with Crippen LogP contribution in [0.2, 0.25) is 5.02 Å². The number of halogens is 2. The summed E-state index contributed by atoms with van der Waals surface area (Å²) in [6.07, 6.45) is 3.83. The zero-order valence-corrected chi connectivity index (χ0v) is 21.2. The van der Waals surface area contributed by atoms with Crippen molar-refractivity contribution in [1.29, 1.82) is 0 Å². The fourth-order valence-electron chi connectivity index (χ4n) is 7.05. The summed E-state index contributed by atoms with van der Waals surface area (Å²) >= 11 is 6.51. The lowest BCUT2D eigenvalue weighted by atomic mass is 9.35. The molecule has 2 saturated heterocycles. The molecule has 0 amide bonds. The molecule has 2 aromatic heterocycles. The van der Waals surface area contributed by atoms with E-state index < -0.39 is 18.2 Å². The number of anilines is 1. The van der Waals surface area contributed by atoms with E-state index in [1.54, 1.807) is 0 Å². The number of nitrogens with one attached hydrogen (secondary N) is 1. The van der Waals surface area contributed by atoms with Crippen molar-refractivity contribution in [3.63, 3.8) is 0 Å². The summed E-state index contributed by atoms with van der Waals surface area (Å²) in [7, 11) is 0. The van der Waals surface area contributed by atoms with Gasteiger partial charge in [0.2, 0.25) is 5.95 Å². The smallest absolute Gasteiger partial charge is 0.223 e. The predicted octanol–water partition coefficient (Wildman–Crippen LogP) is 4.59. The molecule has 0 spiro atoms. The molecule has 2 N–H and O–H groups in total. The van der Waals surface area contributed by atoms with Gasteiger partial charge < -0.3 is 24.5 Å². The first-order valence-corrected chi connectivity index (χ1v) is 13.0. The molecule has 5 fully saturated rings. The van der Waals surface area contributed by atoms with Crippen LogP contribution in [-0.4, -0.2) is 55.8 Å². The Morgan fingerprint density at radius 3 is 2.75 bits per heavy atom. The van der Waals surface area contributed by atoms with Gasteiger partial charge in [-0.1, -0.05) is 18.5 Å². The van der Waals surface area contributed by atoms with Crippen LogP contribution in [0.1, 0.15) is 58.3 Å². The van der Waals surface area contributed by atoms with Crippen molar-refractivity contribution in [3.8, 4) is 11.3 Å². The largest absolute Gasteiger partial charge is 0.386 e. The Labute approximate surface area is 213 Å². The Balaban J connectivity index is 1.27. The molecule has 3 aliphatic carbocycles. The highest BCUT2D eigenvalue weighted by molar-refractivity contribution is 6.33. The molecule has 36 heavy (non-hydrogen) atoms. The number of nitrogens with zero attached hydrogens (tertiary/aromatic N) is 4. The Hall–Kier alpha value is -2.33. The van der Waals surface area contributed by atoms with Crippen LogP contribution in [0.25, 0.3) is 22.3 Å². The molecule has 2 aliphatic heterocycles. The maximum atomic E-state index is 15.5. The zero-order valence-electron chi connectivity index (χ0n) is 20.5. The first-order chi connectivity index (χ1) is 17.1. The number of fused-ring (bicyclic) bond motifs is 3.